The summed E-state index contributed by atoms with van der Waals surface area (Å²) in [7, 11) is 1.64. The molecular weight excluding hydrogens is 242 g/mol. The van der Waals surface area contributed by atoms with Gasteiger partial charge < -0.3 is 15.2 Å². The summed E-state index contributed by atoms with van der Waals surface area (Å²) in [6.07, 6.45) is 0.816. The lowest BCUT2D eigenvalue weighted by Gasteiger charge is -2.34. The molecule has 1 aliphatic rings. The summed E-state index contributed by atoms with van der Waals surface area (Å²) < 4.78 is 5.43. The van der Waals surface area contributed by atoms with Crippen LogP contribution in [0.25, 0.3) is 0 Å². The van der Waals surface area contributed by atoms with Gasteiger partial charge in [-0.25, -0.2) is 0 Å². The molecule has 4 nitrogen and oxygen atoms in total. The van der Waals surface area contributed by atoms with Gasteiger partial charge in [-0.3, -0.25) is 4.79 Å². The molecule has 0 saturated carbocycles. The van der Waals surface area contributed by atoms with Crippen molar-refractivity contribution in [3.8, 4) is 5.75 Å². The van der Waals surface area contributed by atoms with Crippen LogP contribution in [0.4, 0.5) is 0 Å². The van der Waals surface area contributed by atoms with Crippen molar-refractivity contribution in [2.24, 2.45) is 5.92 Å². The van der Waals surface area contributed by atoms with E-state index >= 15 is 0 Å². The molecule has 1 fully saturated rings. The van der Waals surface area contributed by atoms with E-state index in [1.807, 2.05) is 25.1 Å². The Kier molecular flexibility index (Phi) is 4.10. The molecule has 1 heterocycles. The molecule has 0 spiro atoms. The Morgan fingerprint density at radius 2 is 2.21 bits per heavy atom. The number of ether oxygens (including phenoxy) is 1. The molecule has 19 heavy (non-hydrogen) atoms. The SMILES string of the molecule is COc1cc(C)ccc1C1CC(C)NCC1C(=O)O. The minimum atomic E-state index is -0.743. The number of piperidine rings is 1. The highest BCUT2D eigenvalue weighted by Gasteiger charge is 2.35. The van der Waals surface area contributed by atoms with E-state index in [1.54, 1.807) is 7.11 Å². The number of carboxylic acids is 1. The number of nitrogens with one attached hydrogen (secondary N) is 1. The fourth-order valence-electron chi connectivity index (χ4n) is 2.83. The molecule has 1 aliphatic heterocycles. The summed E-state index contributed by atoms with van der Waals surface area (Å²) in [5.41, 5.74) is 2.13. The van der Waals surface area contributed by atoms with Gasteiger partial charge >= 0.3 is 5.97 Å². The molecule has 0 bridgehead atoms. The van der Waals surface area contributed by atoms with Crippen molar-refractivity contribution in [2.75, 3.05) is 13.7 Å². The molecule has 2 N–H and O–H groups in total. The van der Waals surface area contributed by atoms with Crippen molar-refractivity contribution >= 4 is 5.97 Å². The zero-order chi connectivity index (χ0) is 14.0. The zero-order valence-electron chi connectivity index (χ0n) is 11.6. The third-order valence-corrected chi connectivity index (χ3v) is 3.89. The first-order valence-corrected chi connectivity index (χ1v) is 6.63. The first-order valence-electron chi connectivity index (χ1n) is 6.63. The van der Waals surface area contributed by atoms with Gasteiger partial charge in [-0.05, 0) is 37.5 Å². The van der Waals surface area contributed by atoms with Crippen molar-refractivity contribution in [3.05, 3.63) is 29.3 Å². The number of benzene rings is 1. The number of rotatable bonds is 3. The Bertz CT molecular complexity index is 472. The summed E-state index contributed by atoms with van der Waals surface area (Å²) in [6, 6.07) is 6.32. The lowest BCUT2D eigenvalue weighted by atomic mass is 9.78. The minimum absolute atomic E-state index is 0.00398. The van der Waals surface area contributed by atoms with Crippen LogP contribution in [-0.2, 0) is 4.79 Å². The normalized spacial score (nSPS) is 27.0. The molecule has 0 aromatic heterocycles. The Morgan fingerprint density at radius 1 is 1.47 bits per heavy atom. The maximum Gasteiger partial charge on any atom is 0.308 e. The van der Waals surface area contributed by atoms with Crippen LogP contribution in [0.2, 0.25) is 0 Å². The minimum Gasteiger partial charge on any atom is -0.496 e. The van der Waals surface area contributed by atoms with Crippen molar-refractivity contribution in [3.63, 3.8) is 0 Å². The predicted molar refractivity (Wildman–Crippen MR) is 73.7 cm³/mol. The lowest BCUT2D eigenvalue weighted by Crippen LogP contribution is -2.44. The molecule has 2 rings (SSSR count). The standard InChI is InChI=1S/C15H21NO3/c1-9-4-5-11(14(6-9)19-3)12-7-10(2)16-8-13(12)15(17)18/h4-6,10,12-13,16H,7-8H2,1-3H3,(H,17,18). The van der Waals surface area contributed by atoms with Crippen LogP contribution in [0.3, 0.4) is 0 Å². The zero-order valence-corrected chi connectivity index (χ0v) is 11.6. The predicted octanol–water partition coefficient (Wildman–Crippen LogP) is 2.17. The van der Waals surface area contributed by atoms with Gasteiger partial charge in [-0.2, -0.15) is 0 Å². The highest BCUT2D eigenvalue weighted by atomic mass is 16.5. The number of methoxy groups -OCH3 is 1. The average molecular weight is 263 g/mol. The third kappa shape index (κ3) is 2.89. The van der Waals surface area contributed by atoms with E-state index in [2.05, 4.69) is 12.2 Å². The van der Waals surface area contributed by atoms with E-state index in [0.717, 1.165) is 23.3 Å². The molecular formula is C15H21NO3. The highest BCUT2D eigenvalue weighted by molar-refractivity contribution is 5.72. The molecule has 3 unspecified atom stereocenters. The number of carboxylic acid groups (broad SMARTS) is 1. The molecule has 1 saturated heterocycles. The molecule has 104 valence electrons. The van der Waals surface area contributed by atoms with Crippen LogP contribution >= 0.6 is 0 Å². The quantitative estimate of drug-likeness (QED) is 0.877. The summed E-state index contributed by atoms with van der Waals surface area (Å²) >= 11 is 0. The smallest absolute Gasteiger partial charge is 0.308 e. The maximum absolute atomic E-state index is 11.4. The molecule has 1 aromatic rings. The van der Waals surface area contributed by atoms with E-state index in [-0.39, 0.29) is 5.92 Å². The summed E-state index contributed by atoms with van der Waals surface area (Å²) in [6.45, 7) is 4.61. The van der Waals surface area contributed by atoms with Crippen LogP contribution in [0.15, 0.2) is 18.2 Å². The first-order chi connectivity index (χ1) is 9.02. The van der Waals surface area contributed by atoms with Gasteiger partial charge in [0.2, 0.25) is 0 Å². The average Bonchev–Trinajstić information content (AvgIpc) is 2.38. The van der Waals surface area contributed by atoms with E-state index in [1.165, 1.54) is 0 Å². The number of hydrogen-bond donors (Lipinski definition) is 2. The number of hydrogen-bond acceptors (Lipinski definition) is 3. The Morgan fingerprint density at radius 3 is 2.84 bits per heavy atom. The van der Waals surface area contributed by atoms with E-state index in [0.29, 0.717) is 12.6 Å². The van der Waals surface area contributed by atoms with Crippen LogP contribution < -0.4 is 10.1 Å². The van der Waals surface area contributed by atoms with Crippen LogP contribution in [0.5, 0.6) is 5.75 Å². The molecule has 0 amide bonds. The molecule has 0 aliphatic carbocycles. The Labute approximate surface area is 113 Å². The fourth-order valence-corrected chi connectivity index (χ4v) is 2.83. The number of carbonyl (C=O) groups is 1. The van der Waals surface area contributed by atoms with Crippen molar-refractivity contribution in [2.45, 2.75) is 32.2 Å². The second-order valence-electron chi connectivity index (χ2n) is 5.34. The van der Waals surface area contributed by atoms with E-state index in [4.69, 9.17) is 4.74 Å². The Balaban J connectivity index is 2.38. The van der Waals surface area contributed by atoms with Gasteiger partial charge in [0.25, 0.3) is 0 Å². The van der Waals surface area contributed by atoms with Gasteiger partial charge in [0.15, 0.2) is 0 Å². The van der Waals surface area contributed by atoms with Gasteiger partial charge in [0, 0.05) is 18.5 Å². The second kappa shape index (κ2) is 5.61. The summed E-state index contributed by atoms with van der Waals surface area (Å²) in [5, 5.41) is 12.6. The topological polar surface area (TPSA) is 58.6 Å². The van der Waals surface area contributed by atoms with Gasteiger partial charge in [-0.15, -0.1) is 0 Å². The Hall–Kier alpha value is -1.55. The third-order valence-electron chi connectivity index (χ3n) is 3.89. The largest absolute Gasteiger partial charge is 0.496 e. The number of aliphatic carboxylic acids is 1. The molecule has 1 aromatic carbocycles. The van der Waals surface area contributed by atoms with Crippen molar-refractivity contribution in [1.82, 2.24) is 5.32 Å². The molecule has 4 heteroatoms. The maximum atomic E-state index is 11.4. The van der Waals surface area contributed by atoms with E-state index < -0.39 is 11.9 Å². The lowest BCUT2D eigenvalue weighted by molar-refractivity contribution is -0.143. The van der Waals surface area contributed by atoms with Crippen molar-refractivity contribution < 1.29 is 14.6 Å². The summed E-state index contributed by atoms with van der Waals surface area (Å²) in [5.74, 6) is -0.338. The van der Waals surface area contributed by atoms with Gasteiger partial charge in [-0.1, -0.05) is 12.1 Å². The molecule has 0 radical (unpaired) electrons. The summed E-state index contributed by atoms with van der Waals surface area (Å²) in [4.78, 5) is 11.4. The first kappa shape index (κ1) is 13.9. The number of aryl methyl sites for hydroxylation is 1. The monoisotopic (exact) mass is 263 g/mol. The van der Waals surface area contributed by atoms with Gasteiger partial charge in [0.1, 0.15) is 5.75 Å². The second-order valence-corrected chi connectivity index (χ2v) is 5.34. The van der Waals surface area contributed by atoms with Crippen LogP contribution in [0.1, 0.15) is 30.4 Å². The fraction of sp³-hybridized carbons (Fsp3) is 0.533. The highest BCUT2D eigenvalue weighted by Crippen LogP contribution is 2.38. The van der Waals surface area contributed by atoms with Crippen LogP contribution in [0, 0.1) is 12.8 Å². The van der Waals surface area contributed by atoms with Crippen molar-refractivity contribution in [1.29, 1.82) is 0 Å². The van der Waals surface area contributed by atoms with Gasteiger partial charge in [0.05, 0.1) is 13.0 Å². The van der Waals surface area contributed by atoms with Crippen LogP contribution in [-0.4, -0.2) is 30.8 Å². The molecule has 3 atom stereocenters. The van der Waals surface area contributed by atoms with E-state index in [9.17, 15) is 9.90 Å².